The quantitative estimate of drug-likeness (QED) is 0.642. The minimum absolute atomic E-state index is 0. The van der Waals surface area contributed by atoms with Crippen molar-refractivity contribution in [3.63, 3.8) is 0 Å². The molecular formula is C9H12CoO2Si. The van der Waals surface area contributed by atoms with Gasteiger partial charge in [0.15, 0.2) is 0 Å². The van der Waals surface area contributed by atoms with Gasteiger partial charge in [0.1, 0.15) is 0 Å². The summed E-state index contributed by atoms with van der Waals surface area (Å²) in [4.78, 5) is 15.0. The fourth-order valence-corrected chi connectivity index (χ4v) is 2.00. The summed E-state index contributed by atoms with van der Waals surface area (Å²) in [7, 11) is -0.424. The topological polar surface area (TPSA) is 34.1 Å². The van der Waals surface area contributed by atoms with Crippen LogP contribution in [0, 0.1) is 0 Å². The van der Waals surface area contributed by atoms with Crippen LogP contribution >= 0.6 is 0 Å². The number of rotatable bonds is 1. The van der Waals surface area contributed by atoms with Gasteiger partial charge >= 0.3 is 0 Å². The predicted molar refractivity (Wildman–Crippen MR) is 52.1 cm³/mol. The molecule has 1 rings (SSSR count). The normalized spacial score (nSPS) is 11.5. The maximum atomic E-state index is 7.50. The maximum absolute atomic E-state index is 7.50. The Morgan fingerprint density at radius 1 is 1.23 bits per heavy atom. The molecule has 1 aliphatic rings. The molecule has 5 radical (unpaired) electrons. The van der Waals surface area contributed by atoms with Crippen molar-refractivity contribution in [2.24, 2.45) is 0 Å². The van der Waals surface area contributed by atoms with Crippen LogP contribution < -0.4 is 0 Å². The standard InChI is InChI=1S/C7H12Si.2CO.Co/c1-8(2)7-5-3-4-6-7;2*1-2;/h3-5,8H,6H2,1-2H3;;;. The summed E-state index contributed by atoms with van der Waals surface area (Å²) in [6, 6.07) is 0. The minimum atomic E-state index is -0.424. The third-order valence-corrected chi connectivity index (χ3v) is 3.45. The Morgan fingerprint density at radius 3 is 1.85 bits per heavy atom. The summed E-state index contributed by atoms with van der Waals surface area (Å²) in [6.07, 6.45) is 7.92. The van der Waals surface area contributed by atoms with Gasteiger partial charge in [0, 0.05) is 16.8 Å². The second-order valence-corrected chi connectivity index (χ2v) is 5.58. The minimum Gasteiger partial charge on any atom is -0.281 e. The molecule has 0 aliphatic heterocycles. The molecule has 0 saturated carbocycles. The van der Waals surface area contributed by atoms with Crippen molar-refractivity contribution in [2.75, 3.05) is 0 Å². The molecule has 13 heavy (non-hydrogen) atoms. The van der Waals surface area contributed by atoms with Gasteiger partial charge in [0.25, 0.3) is 13.6 Å². The number of hydrogen-bond donors (Lipinski definition) is 0. The zero-order chi connectivity index (χ0) is 9.98. The Labute approximate surface area is 91.9 Å². The Balaban J connectivity index is -0.000000178. The van der Waals surface area contributed by atoms with Crippen LogP contribution in [0.15, 0.2) is 23.4 Å². The molecule has 0 heterocycles. The maximum Gasteiger partial charge on any atom is 0.281 e. The second kappa shape index (κ2) is 14.1. The Bertz CT molecular complexity index is 165. The van der Waals surface area contributed by atoms with Crippen LogP contribution in [0.25, 0.3) is 0 Å². The first kappa shape index (κ1) is 18.4. The molecule has 0 unspecified atom stereocenters. The molecule has 0 aromatic carbocycles. The Morgan fingerprint density at radius 2 is 1.69 bits per heavy atom. The van der Waals surface area contributed by atoms with Crippen molar-refractivity contribution >= 4 is 22.4 Å². The van der Waals surface area contributed by atoms with E-state index >= 15 is 0 Å². The molecule has 0 N–H and O–H groups in total. The van der Waals surface area contributed by atoms with Crippen LogP contribution in [0.4, 0.5) is 0 Å². The van der Waals surface area contributed by atoms with Gasteiger partial charge in [-0.05, 0) is 6.42 Å². The summed E-state index contributed by atoms with van der Waals surface area (Å²) in [5.74, 6) is 0. The molecule has 0 aromatic rings. The van der Waals surface area contributed by atoms with Crippen molar-refractivity contribution in [3.8, 4) is 0 Å². The van der Waals surface area contributed by atoms with E-state index in [4.69, 9.17) is 9.59 Å². The van der Waals surface area contributed by atoms with Gasteiger partial charge in [-0.2, -0.15) is 0 Å². The average Bonchev–Trinajstić information content (AvgIpc) is 2.64. The van der Waals surface area contributed by atoms with Crippen molar-refractivity contribution in [3.05, 3.63) is 23.4 Å². The largest absolute Gasteiger partial charge is 0.281 e. The van der Waals surface area contributed by atoms with Gasteiger partial charge in [-0.25, -0.2) is 0 Å². The summed E-state index contributed by atoms with van der Waals surface area (Å²) < 4.78 is 0. The summed E-state index contributed by atoms with van der Waals surface area (Å²) in [5, 5.41) is 1.70. The number of carbonyl (C=O) groups excluding carboxylic acids is 2. The van der Waals surface area contributed by atoms with E-state index in [1.54, 1.807) is 5.20 Å². The Hall–Kier alpha value is -0.457. The third kappa shape index (κ3) is 9.46. The predicted octanol–water partition coefficient (Wildman–Crippen LogP) is 1.10. The van der Waals surface area contributed by atoms with E-state index in [0.29, 0.717) is 0 Å². The van der Waals surface area contributed by atoms with Crippen LogP contribution in [0.3, 0.4) is 0 Å². The first-order valence-corrected chi connectivity index (χ1v) is 6.46. The molecular weight excluding hydrogens is 227 g/mol. The molecule has 0 bridgehead atoms. The molecule has 0 atom stereocenters. The monoisotopic (exact) mass is 239 g/mol. The molecule has 4 heteroatoms. The summed E-state index contributed by atoms with van der Waals surface area (Å²) in [5.41, 5.74) is 0. The first-order chi connectivity index (χ1) is 5.80. The van der Waals surface area contributed by atoms with Crippen molar-refractivity contribution in [2.45, 2.75) is 19.5 Å². The van der Waals surface area contributed by atoms with Gasteiger partial charge in [-0.3, -0.25) is 9.59 Å². The zero-order valence-electron chi connectivity index (χ0n) is 7.67. The number of allylic oxidation sites excluding steroid dienone is 4. The fourth-order valence-electron chi connectivity index (χ4n) is 0.892. The van der Waals surface area contributed by atoms with E-state index < -0.39 is 8.80 Å². The zero-order valence-corrected chi connectivity index (χ0v) is 9.86. The first-order valence-electron chi connectivity index (χ1n) is 3.57. The molecule has 0 saturated heterocycles. The van der Waals surface area contributed by atoms with Gasteiger partial charge in [-0.1, -0.05) is 36.5 Å². The molecule has 0 spiro atoms. The van der Waals surface area contributed by atoms with Crippen LogP contribution in [-0.2, 0) is 26.4 Å². The van der Waals surface area contributed by atoms with E-state index in [1.807, 2.05) is 0 Å². The van der Waals surface area contributed by atoms with Crippen molar-refractivity contribution in [1.82, 2.24) is 0 Å². The van der Waals surface area contributed by atoms with Crippen LogP contribution in [0.2, 0.25) is 13.1 Å². The molecule has 0 fully saturated rings. The van der Waals surface area contributed by atoms with E-state index in [2.05, 4.69) is 44.9 Å². The smallest absolute Gasteiger partial charge is 0.281 e. The molecule has 0 aromatic heterocycles. The second-order valence-electron chi connectivity index (χ2n) is 2.53. The van der Waals surface area contributed by atoms with E-state index in [-0.39, 0.29) is 16.8 Å². The fraction of sp³-hybridized carbons (Fsp3) is 0.333. The van der Waals surface area contributed by atoms with Crippen molar-refractivity contribution in [1.29, 1.82) is 0 Å². The van der Waals surface area contributed by atoms with E-state index in [1.165, 1.54) is 6.42 Å². The van der Waals surface area contributed by atoms with Gasteiger partial charge < -0.3 is 0 Å². The molecule has 0 amide bonds. The molecule has 2 nitrogen and oxygen atoms in total. The van der Waals surface area contributed by atoms with Gasteiger partial charge in [-0.15, -0.1) is 0 Å². The van der Waals surface area contributed by atoms with Crippen LogP contribution in [0.1, 0.15) is 6.42 Å². The van der Waals surface area contributed by atoms with Gasteiger partial charge in [0.2, 0.25) is 0 Å². The van der Waals surface area contributed by atoms with E-state index in [0.717, 1.165) is 0 Å². The number of hydrogen-bond acceptors (Lipinski definition) is 2. The van der Waals surface area contributed by atoms with Crippen LogP contribution in [0.5, 0.6) is 0 Å². The van der Waals surface area contributed by atoms with E-state index in [9.17, 15) is 0 Å². The Kier molecular flexibility index (Phi) is 19.9. The average molecular weight is 239 g/mol. The molecule has 73 valence electrons. The van der Waals surface area contributed by atoms with Gasteiger partial charge in [0.05, 0.1) is 8.80 Å². The third-order valence-electron chi connectivity index (χ3n) is 1.54. The van der Waals surface area contributed by atoms with Crippen molar-refractivity contribution < 1.29 is 26.4 Å². The molecule has 1 aliphatic carbocycles. The summed E-state index contributed by atoms with van der Waals surface area (Å²) >= 11 is 0. The van der Waals surface area contributed by atoms with Crippen LogP contribution in [-0.4, -0.2) is 22.4 Å². The summed E-state index contributed by atoms with van der Waals surface area (Å²) in [6.45, 7) is 13.7. The SMILES string of the molecule is C[SiH](C)C1=CC=CC1.[C]=O.[C]=O.[Co].